The van der Waals surface area contributed by atoms with Crippen LogP contribution in [0.25, 0.3) is 10.8 Å². The van der Waals surface area contributed by atoms with Gasteiger partial charge in [-0.1, -0.05) is 42.5 Å². The van der Waals surface area contributed by atoms with E-state index in [-0.39, 0.29) is 18.0 Å². The number of ketones is 1. The molecule has 1 amide bonds. The molecule has 0 atom stereocenters. The lowest BCUT2D eigenvalue weighted by Gasteiger charge is -2.30. The highest BCUT2D eigenvalue weighted by atomic mass is 19.1. The Hall–Kier alpha value is -3.45. The molecule has 0 spiro atoms. The van der Waals surface area contributed by atoms with E-state index in [0.717, 1.165) is 41.3 Å². The predicted octanol–water partition coefficient (Wildman–Crippen LogP) is 4.06. The van der Waals surface area contributed by atoms with Gasteiger partial charge in [-0.15, -0.1) is 0 Å². The van der Waals surface area contributed by atoms with E-state index >= 15 is 0 Å². The van der Waals surface area contributed by atoms with Crippen molar-refractivity contribution in [3.8, 4) is 11.5 Å². The van der Waals surface area contributed by atoms with Gasteiger partial charge in [0.05, 0.1) is 0 Å². The van der Waals surface area contributed by atoms with Crippen LogP contribution in [-0.4, -0.2) is 49.4 Å². The monoisotopic (exact) mass is 478 g/mol. The van der Waals surface area contributed by atoms with E-state index in [9.17, 15) is 14.0 Å². The van der Waals surface area contributed by atoms with Crippen LogP contribution in [0.1, 0.15) is 30.4 Å². The van der Waals surface area contributed by atoms with Gasteiger partial charge in [0.15, 0.2) is 17.3 Å². The van der Waals surface area contributed by atoms with Crippen molar-refractivity contribution in [1.29, 1.82) is 0 Å². The predicted molar refractivity (Wildman–Crippen MR) is 133 cm³/mol. The average molecular weight is 479 g/mol. The number of hydrogen-bond donors (Lipinski definition) is 1. The Morgan fingerprint density at radius 1 is 0.914 bits per heavy atom. The Balaban J connectivity index is 0.000000165. The van der Waals surface area contributed by atoms with E-state index in [2.05, 4.69) is 4.90 Å². The third kappa shape index (κ3) is 6.79. The van der Waals surface area contributed by atoms with Crippen molar-refractivity contribution in [3.05, 3.63) is 71.5 Å². The van der Waals surface area contributed by atoms with Crippen molar-refractivity contribution in [2.45, 2.75) is 32.1 Å². The van der Waals surface area contributed by atoms with Crippen LogP contribution in [0.5, 0.6) is 11.5 Å². The van der Waals surface area contributed by atoms with Gasteiger partial charge in [0.2, 0.25) is 5.78 Å². The Bertz CT molecular complexity index is 1190. The molecule has 3 aromatic rings. The van der Waals surface area contributed by atoms with E-state index in [0.29, 0.717) is 25.4 Å². The van der Waals surface area contributed by atoms with Gasteiger partial charge in [0.25, 0.3) is 5.91 Å². The van der Waals surface area contributed by atoms with Crippen molar-refractivity contribution in [3.63, 3.8) is 0 Å². The number of carbonyl (C=O) groups excluding carboxylic acids is 2. The number of carbonyl (C=O) groups is 2. The van der Waals surface area contributed by atoms with Gasteiger partial charge in [-0.2, -0.15) is 0 Å². The third-order valence-corrected chi connectivity index (χ3v) is 6.27. The van der Waals surface area contributed by atoms with Crippen LogP contribution in [0.15, 0.2) is 54.6 Å². The molecule has 35 heavy (non-hydrogen) atoms. The van der Waals surface area contributed by atoms with E-state index in [1.807, 2.05) is 48.5 Å². The molecule has 0 saturated carbocycles. The molecule has 1 saturated heterocycles. The number of primary amides is 1. The molecule has 2 heterocycles. The second-order valence-corrected chi connectivity index (χ2v) is 8.87. The summed E-state index contributed by atoms with van der Waals surface area (Å²) in [4.78, 5) is 24.1. The van der Waals surface area contributed by atoms with Gasteiger partial charge in [0, 0.05) is 6.42 Å². The van der Waals surface area contributed by atoms with Crippen LogP contribution in [0.3, 0.4) is 0 Å². The molecule has 1 fully saturated rings. The van der Waals surface area contributed by atoms with Gasteiger partial charge in [-0.3, -0.25) is 9.59 Å². The second kappa shape index (κ2) is 11.8. The maximum Gasteiger partial charge on any atom is 0.284 e. The first kappa shape index (κ1) is 24.7. The number of likely N-dealkylation sites (tertiary alicyclic amines) is 1. The number of ether oxygens (including phenoxy) is 2. The standard InChI is InChI=1S/C14H18FNO2.C14H13NO2/c15-12-9-11(3-1-4-16-5-2-6-16)10-13-14(12)18-8-7-17-13;15-14(17)13(16)8-6-10-5-7-11-3-1-2-4-12(11)9-10/h9-10H,1-8H2;1-5,7,9H,6,8H2,(H2,15,17). The average Bonchev–Trinajstić information content (AvgIpc) is 2.84. The number of nitrogens with zero attached hydrogens (tertiary/aromatic N) is 1. The minimum absolute atomic E-state index is 0.174. The fourth-order valence-corrected chi connectivity index (χ4v) is 4.20. The molecule has 2 N–H and O–H groups in total. The lowest BCUT2D eigenvalue weighted by atomic mass is 10.0. The summed E-state index contributed by atoms with van der Waals surface area (Å²) in [6, 6.07) is 17.5. The smallest absolute Gasteiger partial charge is 0.284 e. The van der Waals surface area contributed by atoms with Crippen LogP contribution in [0.2, 0.25) is 0 Å². The number of fused-ring (bicyclic) bond motifs is 2. The summed E-state index contributed by atoms with van der Waals surface area (Å²) >= 11 is 0. The molecule has 6 nitrogen and oxygen atoms in total. The molecule has 2 aliphatic heterocycles. The largest absolute Gasteiger partial charge is 0.486 e. The summed E-state index contributed by atoms with van der Waals surface area (Å²) in [5, 5.41) is 2.30. The lowest BCUT2D eigenvalue weighted by Crippen LogP contribution is -2.37. The number of hydrogen-bond acceptors (Lipinski definition) is 5. The van der Waals surface area contributed by atoms with Crippen molar-refractivity contribution in [2.24, 2.45) is 5.73 Å². The molecular formula is C28H31FN2O4. The van der Waals surface area contributed by atoms with Crippen LogP contribution in [0, 0.1) is 5.82 Å². The second-order valence-electron chi connectivity index (χ2n) is 8.87. The summed E-state index contributed by atoms with van der Waals surface area (Å²) in [6.45, 7) is 4.48. The zero-order valence-electron chi connectivity index (χ0n) is 19.8. The minimum atomic E-state index is -0.856. The van der Waals surface area contributed by atoms with E-state index in [4.69, 9.17) is 15.2 Å². The fraction of sp³-hybridized carbons (Fsp3) is 0.357. The third-order valence-electron chi connectivity index (χ3n) is 6.27. The number of amides is 1. The lowest BCUT2D eigenvalue weighted by molar-refractivity contribution is -0.135. The van der Waals surface area contributed by atoms with Gasteiger partial charge < -0.3 is 20.1 Å². The highest BCUT2D eigenvalue weighted by Crippen LogP contribution is 2.34. The first-order valence-electron chi connectivity index (χ1n) is 12.1. The molecular weight excluding hydrogens is 447 g/mol. The van der Waals surface area contributed by atoms with Gasteiger partial charge in [-0.25, -0.2) is 4.39 Å². The molecule has 5 rings (SSSR count). The Morgan fingerprint density at radius 2 is 1.69 bits per heavy atom. The molecule has 0 aliphatic carbocycles. The Labute approximate surface area is 204 Å². The first-order valence-corrected chi connectivity index (χ1v) is 12.1. The van der Waals surface area contributed by atoms with Crippen LogP contribution >= 0.6 is 0 Å². The highest BCUT2D eigenvalue weighted by molar-refractivity contribution is 6.35. The quantitative estimate of drug-likeness (QED) is 0.494. The number of halogens is 1. The molecule has 2 aliphatic rings. The summed E-state index contributed by atoms with van der Waals surface area (Å²) in [5.41, 5.74) is 6.94. The normalized spacial score (nSPS) is 14.5. The number of Topliss-reactive ketones (excluding diaryl/α,β-unsaturated/α-hetero) is 1. The van der Waals surface area contributed by atoms with Crippen LogP contribution < -0.4 is 15.2 Å². The van der Waals surface area contributed by atoms with E-state index < -0.39 is 11.7 Å². The maximum atomic E-state index is 13.8. The van der Waals surface area contributed by atoms with Crippen molar-refractivity contribution in [1.82, 2.24) is 4.90 Å². The zero-order valence-corrected chi connectivity index (χ0v) is 19.8. The molecule has 0 bridgehead atoms. The Morgan fingerprint density at radius 3 is 2.43 bits per heavy atom. The highest BCUT2D eigenvalue weighted by Gasteiger charge is 2.18. The van der Waals surface area contributed by atoms with Crippen LogP contribution in [-0.2, 0) is 22.4 Å². The molecule has 184 valence electrons. The number of rotatable bonds is 8. The number of nitrogens with two attached hydrogens (primary N) is 1. The topological polar surface area (TPSA) is 81.9 Å². The van der Waals surface area contributed by atoms with Crippen molar-refractivity contribution >= 4 is 22.5 Å². The summed E-state index contributed by atoms with van der Waals surface area (Å²) in [7, 11) is 0. The zero-order chi connectivity index (χ0) is 24.6. The Kier molecular flexibility index (Phi) is 8.32. The van der Waals surface area contributed by atoms with Gasteiger partial charge >= 0.3 is 0 Å². The van der Waals surface area contributed by atoms with E-state index in [1.165, 1.54) is 19.5 Å². The SMILES string of the molecule is Fc1cc(CCCN2CCC2)cc2c1OCCO2.NC(=O)C(=O)CCc1ccc2ccccc2c1. The summed E-state index contributed by atoms with van der Waals surface area (Å²) in [6.07, 6.45) is 4.00. The molecule has 3 aromatic carbocycles. The summed E-state index contributed by atoms with van der Waals surface area (Å²) in [5.74, 6) is -0.844. The molecule has 0 radical (unpaired) electrons. The van der Waals surface area contributed by atoms with Gasteiger partial charge in [0.1, 0.15) is 13.2 Å². The number of benzene rings is 3. The maximum absolute atomic E-state index is 13.8. The fourth-order valence-electron chi connectivity index (χ4n) is 4.20. The minimum Gasteiger partial charge on any atom is -0.486 e. The molecule has 0 aromatic heterocycles. The van der Waals surface area contributed by atoms with Crippen LogP contribution in [0.4, 0.5) is 4.39 Å². The number of aryl methyl sites for hydroxylation is 2. The molecule has 0 unspecified atom stereocenters. The van der Waals surface area contributed by atoms with E-state index in [1.54, 1.807) is 6.07 Å². The van der Waals surface area contributed by atoms with Crippen molar-refractivity contribution < 1.29 is 23.5 Å². The first-order chi connectivity index (χ1) is 17.0. The van der Waals surface area contributed by atoms with Gasteiger partial charge in [-0.05, 0) is 79.3 Å². The molecule has 7 heteroatoms. The van der Waals surface area contributed by atoms with Crippen molar-refractivity contribution in [2.75, 3.05) is 32.8 Å². The summed E-state index contributed by atoms with van der Waals surface area (Å²) < 4.78 is 24.5.